The number of halogens is 1. The van der Waals surface area contributed by atoms with Gasteiger partial charge in [-0.3, -0.25) is 4.79 Å². The number of aromatic nitrogens is 2. The van der Waals surface area contributed by atoms with Crippen LogP contribution in [0.25, 0.3) is 11.4 Å². The highest BCUT2D eigenvalue weighted by molar-refractivity contribution is 9.10. The lowest BCUT2D eigenvalue weighted by atomic mass is 10.1. The monoisotopic (exact) mass is 330 g/mol. The van der Waals surface area contributed by atoms with Gasteiger partial charge < -0.3 is 4.98 Å². The normalized spacial score (nSPS) is 18.2. The summed E-state index contributed by atoms with van der Waals surface area (Å²) in [5.74, 6) is 1.86. The Kier molecular flexibility index (Phi) is 2.81. The number of aromatic amines is 1. The van der Waals surface area contributed by atoms with Crippen LogP contribution in [0.4, 0.5) is 0 Å². The van der Waals surface area contributed by atoms with Crippen molar-refractivity contribution in [2.75, 3.05) is 0 Å². The molecule has 3 nitrogen and oxygen atoms in total. The standard InChI is InChI=1S/C16H15BrN2O/c17-13-14(10-6-7-10)18-15(19-16(13)20)12-3-1-2-11(8-12)9-4-5-9/h1-3,8-10H,4-7H2,(H,18,19,20). The van der Waals surface area contributed by atoms with Crippen molar-refractivity contribution < 1.29 is 0 Å². The molecule has 2 aromatic rings. The molecule has 2 aliphatic rings. The van der Waals surface area contributed by atoms with Crippen molar-refractivity contribution in [1.82, 2.24) is 9.97 Å². The molecule has 1 aromatic heterocycles. The average Bonchev–Trinajstić information content (AvgIpc) is 3.33. The minimum Gasteiger partial charge on any atom is -0.306 e. The number of nitrogens with zero attached hydrogens (tertiary/aromatic N) is 1. The van der Waals surface area contributed by atoms with Gasteiger partial charge in [0.05, 0.1) is 5.69 Å². The Balaban J connectivity index is 1.81. The van der Waals surface area contributed by atoms with Gasteiger partial charge >= 0.3 is 0 Å². The summed E-state index contributed by atoms with van der Waals surface area (Å²) in [5, 5.41) is 0. The summed E-state index contributed by atoms with van der Waals surface area (Å²) >= 11 is 3.37. The topological polar surface area (TPSA) is 45.8 Å². The molecule has 0 unspecified atom stereocenters. The minimum atomic E-state index is -0.0753. The van der Waals surface area contributed by atoms with Crippen LogP contribution in [0.2, 0.25) is 0 Å². The molecule has 2 saturated carbocycles. The van der Waals surface area contributed by atoms with Gasteiger partial charge in [-0.05, 0) is 59.2 Å². The maximum atomic E-state index is 12.1. The van der Waals surface area contributed by atoms with E-state index in [-0.39, 0.29) is 5.56 Å². The SMILES string of the molecule is O=c1[nH]c(-c2cccc(C3CC3)c2)nc(C2CC2)c1Br. The van der Waals surface area contributed by atoms with Crippen molar-refractivity contribution in [2.45, 2.75) is 37.5 Å². The van der Waals surface area contributed by atoms with Crippen LogP contribution in [-0.2, 0) is 0 Å². The molecule has 0 spiro atoms. The first-order valence-corrected chi connectivity index (χ1v) is 7.92. The molecule has 0 saturated heterocycles. The van der Waals surface area contributed by atoms with E-state index in [0.29, 0.717) is 22.1 Å². The van der Waals surface area contributed by atoms with E-state index in [1.807, 2.05) is 6.07 Å². The fourth-order valence-electron chi connectivity index (χ4n) is 2.60. The Morgan fingerprint density at radius 2 is 1.90 bits per heavy atom. The Labute approximate surface area is 125 Å². The van der Waals surface area contributed by atoms with Crippen LogP contribution < -0.4 is 5.56 Å². The quantitative estimate of drug-likeness (QED) is 0.925. The van der Waals surface area contributed by atoms with Crippen LogP contribution in [0, 0.1) is 0 Å². The smallest absolute Gasteiger partial charge is 0.265 e. The van der Waals surface area contributed by atoms with Gasteiger partial charge in [0.1, 0.15) is 10.3 Å². The number of hydrogen-bond acceptors (Lipinski definition) is 2. The molecule has 1 aromatic carbocycles. The van der Waals surface area contributed by atoms with E-state index in [1.165, 1.54) is 18.4 Å². The number of hydrogen-bond donors (Lipinski definition) is 1. The van der Waals surface area contributed by atoms with Crippen molar-refractivity contribution >= 4 is 15.9 Å². The second kappa shape index (κ2) is 4.55. The molecule has 0 atom stereocenters. The minimum absolute atomic E-state index is 0.0753. The van der Waals surface area contributed by atoms with Crippen LogP contribution in [0.3, 0.4) is 0 Å². The second-order valence-corrected chi connectivity index (χ2v) is 6.58. The van der Waals surface area contributed by atoms with E-state index < -0.39 is 0 Å². The second-order valence-electron chi connectivity index (χ2n) is 5.79. The fourth-order valence-corrected chi connectivity index (χ4v) is 3.11. The predicted octanol–water partition coefficient (Wildman–Crippen LogP) is 3.95. The zero-order chi connectivity index (χ0) is 13.7. The molecule has 20 heavy (non-hydrogen) atoms. The fraction of sp³-hybridized carbons (Fsp3) is 0.375. The van der Waals surface area contributed by atoms with Crippen LogP contribution in [0.5, 0.6) is 0 Å². The molecule has 0 bridgehead atoms. The van der Waals surface area contributed by atoms with E-state index in [0.717, 1.165) is 24.1 Å². The molecule has 0 aliphatic heterocycles. The van der Waals surface area contributed by atoms with Crippen LogP contribution in [-0.4, -0.2) is 9.97 Å². The Morgan fingerprint density at radius 3 is 2.60 bits per heavy atom. The molecule has 4 rings (SSSR count). The summed E-state index contributed by atoms with van der Waals surface area (Å²) in [6, 6.07) is 8.41. The molecule has 4 heteroatoms. The molecule has 102 valence electrons. The average molecular weight is 331 g/mol. The molecule has 0 radical (unpaired) electrons. The third-order valence-electron chi connectivity index (χ3n) is 4.06. The highest BCUT2D eigenvalue weighted by atomic mass is 79.9. The first-order chi connectivity index (χ1) is 9.72. The molecule has 2 aliphatic carbocycles. The first-order valence-electron chi connectivity index (χ1n) is 7.12. The summed E-state index contributed by atoms with van der Waals surface area (Å²) in [6.07, 6.45) is 4.83. The lowest BCUT2D eigenvalue weighted by molar-refractivity contribution is 0.959. The van der Waals surface area contributed by atoms with Gasteiger partial charge in [-0.25, -0.2) is 4.98 Å². The maximum absolute atomic E-state index is 12.1. The maximum Gasteiger partial charge on any atom is 0.265 e. The van der Waals surface area contributed by atoms with Gasteiger partial charge in [0.25, 0.3) is 5.56 Å². The van der Waals surface area contributed by atoms with E-state index in [9.17, 15) is 4.79 Å². The van der Waals surface area contributed by atoms with Crippen LogP contribution >= 0.6 is 15.9 Å². The lowest BCUT2D eigenvalue weighted by Crippen LogP contribution is -2.13. The lowest BCUT2D eigenvalue weighted by Gasteiger charge is -2.07. The Morgan fingerprint density at radius 1 is 1.15 bits per heavy atom. The zero-order valence-corrected chi connectivity index (χ0v) is 12.6. The van der Waals surface area contributed by atoms with Gasteiger partial charge in [0, 0.05) is 11.5 Å². The van der Waals surface area contributed by atoms with Gasteiger partial charge in [-0.1, -0.05) is 18.2 Å². The predicted molar refractivity (Wildman–Crippen MR) is 81.9 cm³/mol. The van der Waals surface area contributed by atoms with Gasteiger partial charge in [-0.2, -0.15) is 0 Å². The van der Waals surface area contributed by atoms with E-state index in [1.54, 1.807) is 0 Å². The number of H-pyrrole nitrogens is 1. The summed E-state index contributed by atoms with van der Waals surface area (Å²) in [5.41, 5.74) is 3.22. The molecule has 1 heterocycles. The van der Waals surface area contributed by atoms with Crippen molar-refractivity contribution in [3.05, 3.63) is 50.3 Å². The summed E-state index contributed by atoms with van der Waals surface area (Å²) in [6.45, 7) is 0. The highest BCUT2D eigenvalue weighted by Gasteiger charge is 2.29. The third kappa shape index (κ3) is 2.22. The number of benzene rings is 1. The number of rotatable bonds is 3. The molecular weight excluding hydrogens is 316 g/mol. The highest BCUT2D eigenvalue weighted by Crippen LogP contribution is 2.42. The van der Waals surface area contributed by atoms with Gasteiger partial charge in [0.15, 0.2) is 0 Å². The molecule has 0 amide bonds. The summed E-state index contributed by atoms with van der Waals surface area (Å²) in [7, 11) is 0. The Hall–Kier alpha value is -1.42. The van der Waals surface area contributed by atoms with E-state index in [2.05, 4.69) is 44.1 Å². The largest absolute Gasteiger partial charge is 0.306 e. The van der Waals surface area contributed by atoms with E-state index in [4.69, 9.17) is 0 Å². The number of nitrogens with one attached hydrogen (secondary N) is 1. The van der Waals surface area contributed by atoms with Crippen molar-refractivity contribution in [3.8, 4) is 11.4 Å². The van der Waals surface area contributed by atoms with Crippen molar-refractivity contribution in [2.24, 2.45) is 0 Å². The van der Waals surface area contributed by atoms with Gasteiger partial charge in [0.2, 0.25) is 0 Å². The van der Waals surface area contributed by atoms with Crippen molar-refractivity contribution in [3.63, 3.8) is 0 Å². The van der Waals surface area contributed by atoms with Crippen LogP contribution in [0.15, 0.2) is 33.5 Å². The van der Waals surface area contributed by atoms with E-state index >= 15 is 0 Å². The summed E-state index contributed by atoms with van der Waals surface area (Å²) < 4.78 is 0.599. The third-order valence-corrected chi connectivity index (χ3v) is 4.83. The van der Waals surface area contributed by atoms with Crippen molar-refractivity contribution in [1.29, 1.82) is 0 Å². The molecule has 2 fully saturated rings. The Bertz CT molecular complexity index is 729. The van der Waals surface area contributed by atoms with Gasteiger partial charge in [-0.15, -0.1) is 0 Å². The van der Waals surface area contributed by atoms with Crippen LogP contribution in [0.1, 0.15) is 48.8 Å². The summed E-state index contributed by atoms with van der Waals surface area (Å²) in [4.78, 5) is 19.6. The molecular formula is C16H15BrN2O. The first kappa shape index (κ1) is 12.3. The zero-order valence-electron chi connectivity index (χ0n) is 11.0. The molecule has 1 N–H and O–H groups in total.